The molecule has 98 valence electrons. The molecule has 0 N–H and O–H groups in total. The molecule has 0 aliphatic carbocycles. The normalized spacial score (nSPS) is 16.1. The van der Waals surface area contributed by atoms with E-state index in [9.17, 15) is 0 Å². The molecule has 0 unspecified atom stereocenters. The average Bonchev–Trinajstić information content (AvgIpc) is 3.28. The van der Waals surface area contributed by atoms with E-state index in [1.165, 1.54) is 7.11 Å². The highest BCUT2D eigenvalue weighted by molar-refractivity contribution is 5.30. The third-order valence-electron chi connectivity index (χ3n) is 2.80. The van der Waals surface area contributed by atoms with Crippen LogP contribution in [0.1, 0.15) is 11.3 Å². The number of nitrogens with zero attached hydrogens (tertiary/aromatic N) is 1. The predicted molar refractivity (Wildman–Crippen MR) is 65.9 cm³/mol. The van der Waals surface area contributed by atoms with Gasteiger partial charge >= 0.3 is 5.97 Å². The van der Waals surface area contributed by atoms with Gasteiger partial charge in [-0.1, -0.05) is 30.3 Å². The first-order valence-corrected chi connectivity index (χ1v) is 5.88. The van der Waals surface area contributed by atoms with Crippen LogP contribution in [0.4, 0.5) is 0 Å². The van der Waals surface area contributed by atoms with Crippen LogP contribution in [0.25, 0.3) is 0 Å². The summed E-state index contributed by atoms with van der Waals surface area (Å²) >= 11 is 0. The Bertz CT molecular complexity index is 554. The van der Waals surface area contributed by atoms with E-state index in [2.05, 4.69) is 4.98 Å². The number of benzene rings is 1. The minimum absolute atomic E-state index is 0.444. The smallest absolute Gasteiger partial charge is 0.387 e. The molecule has 1 aliphatic heterocycles. The van der Waals surface area contributed by atoms with E-state index in [1.54, 1.807) is 18.3 Å². The van der Waals surface area contributed by atoms with Gasteiger partial charge in [-0.3, -0.25) is 0 Å². The second kappa shape index (κ2) is 4.97. The SMILES string of the molecule is COC1(c2ncccc2OCc2ccccc2)OO1. The standard InChI is InChI=1S/C14H13NO4/c1-16-14(18-19-14)13-12(8-5-9-15-13)17-10-11-6-3-2-4-7-11/h2-9H,10H2,1H3. The molecule has 1 aliphatic rings. The highest BCUT2D eigenvalue weighted by atomic mass is 17.4. The largest absolute Gasteiger partial charge is 0.487 e. The molecule has 1 aromatic heterocycles. The number of hydrogen-bond donors (Lipinski definition) is 0. The van der Waals surface area contributed by atoms with Crippen molar-refractivity contribution in [2.45, 2.75) is 12.6 Å². The van der Waals surface area contributed by atoms with Gasteiger partial charge in [-0.15, -0.1) is 0 Å². The highest BCUT2D eigenvalue weighted by Crippen LogP contribution is 2.44. The topological polar surface area (TPSA) is 56.4 Å². The van der Waals surface area contributed by atoms with E-state index in [-0.39, 0.29) is 0 Å². The van der Waals surface area contributed by atoms with Gasteiger partial charge in [-0.05, 0) is 17.7 Å². The summed E-state index contributed by atoms with van der Waals surface area (Å²) in [4.78, 5) is 13.9. The fraction of sp³-hybridized carbons (Fsp3) is 0.214. The van der Waals surface area contributed by atoms with Crippen molar-refractivity contribution in [3.05, 3.63) is 59.9 Å². The summed E-state index contributed by atoms with van der Waals surface area (Å²) in [6.07, 6.45) is 1.64. The minimum Gasteiger partial charge on any atom is -0.487 e. The first-order valence-electron chi connectivity index (χ1n) is 5.88. The molecule has 0 spiro atoms. The van der Waals surface area contributed by atoms with Gasteiger partial charge < -0.3 is 9.47 Å². The van der Waals surface area contributed by atoms with Crippen LogP contribution >= 0.6 is 0 Å². The van der Waals surface area contributed by atoms with Gasteiger partial charge in [-0.2, -0.15) is 9.78 Å². The first-order chi connectivity index (χ1) is 9.34. The van der Waals surface area contributed by atoms with Crippen LogP contribution in [0.2, 0.25) is 0 Å². The van der Waals surface area contributed by atoms with Gasteiger partial charge in [0.2, 0.25) is 0 Å². The second-order valence-electron chi connectivity index (χ2n) is 4.05. The molecular formula is C14H13NO4. The third-order valence-corrected chi connectivity index (χ3v) is 2.80. The Morgan fingerprint density at radius 2 is 1.89 bits per heavy atom. The Labute approximate surface area is 110 Å². The molecule has 0 radical (unpaired) electrons. The van der Waals surface area contributed by atoms with Crippen LogP contribution < -0.4 is 4.74 Å². The van der Waals surface area contributed by atoms with E-state index in [0.29, 0.717) is 18.1 Å². The maximum Gasteiger partial charge on any atom is 0.387 e. The fourth-order valence-corrected chi connectivity index (χ4v) is 1.75. The fourth-order valence-electron chi connectivity index (χ4n) is 1.75. The monoisotopic (exact) mass is 259 g/mol. The van der Waals surface area contributed by atoms with Crippen molar-refractivity contribution in [3.8, 4) is 5.75 Å². The molecule has 0 atom stereocenters. The maximum atomic E-state index is 5.75. The van der Waals surface area contributed by atoms with Crippen LogP contribution in [0.3, 0.4) is 0 Å². The number of rotatable bonds is 5. The lowest BCUT2D eigenvalue weighted by molar-refractivity contribution is -0.0304. The quantitative estimate of drug-likeness (QED) is 0.609. The first kappa shape index (κ1) is 12.1. The van der Waals surface area contributed by atoms with Gasteiger partial charge in [0, 0.05) is 13.3 Å². The molecule has 0 saturated carbocycles. The summed E-state index contributed by atoms with van der Waals surface area (Å²) in [5.41, 5.74) is 1.55. The Morgan fingerprint density at radius 3 is 2.58 bits per heavy atom. The number of methoxy groups -OCH3 is 1. The predicted octanol–water partition coefficient (Wildman–Crippen LogP) is 2.38. The van der Waals surface area contributed by atoms with E-state index in [1.807, 2.05) is 30.3 Å². The lowest BCUT2D eigenvalue weighted by Gasteiger charge is -2.11. The van der Waals surface area contributed by atoms with Crippen molar-refractivity contribution in [2.24, 2.45) is 0 Å². The summed E-state index contributed by atoms with van der Waals surface area (Å²) in [5, 5.41) is 0. The molecule has 1 fully saturated rings. The van der Waals surface area contributed by atoms with Gasteiger partial charge in [0.25, 0.3) is 0 Å². The molecule has 3 rings (SSSR count). The van der Waals surface area contributed by atoms with Crippen molar-refractivity contribution in [1.29, 1.82) is 0 Å². The van der Waals surface area contributed by atoms with Crippen LogP contribution in [0, 0.1) is 0 Å². The van der Waals surface area contributed by atoms with Crippen LogP contribution in [-0.4, -0.2) is 12.1 Å². The lowest BCUT2D eigenvalue weighted by atomic mass is 10.2. The summed E-state index contributed by atoms with van der Waals surface area (Å²) in [6, 6.07) is 13.5. The molecule has 2 heterocycles. The van der Waals surface area contributed by atoms with Crippen molar-refractivity contribution >= 4 is 0 Å². The molecule has 1 saturated heterocycles. The number of ether oxygens (including phenoxy) is 2. The Morgan fingerprint density at radius 1 is 1.11 bits per heavy atom. The Hall–Kier alpha value is -1.95. The Kier molecular flexibility index (Phi) is 3.16. The highest BCUT2D eigenvalue weighted by Gasteiger charge is 2.55. The Balaban J connectivity index is 1.78. The summed E-state index contributed by atoms with van der Waals surface area (Å²) < 4.78 is 10.9. The van der Waals surface area contributed by atoms with Gasteiger partial charge in [-0.25, -0.2) is 4.98 Å². The van der Waals surface area contributed by atoms with E-state index >= 15 is 0 Å². The second-order valence-corrected chi connectivity index (χ2v) is 4.05. The number of aromatic nitrogens is 1. The minimum atomic E-state index is -1.21. The number of hydrogen-bond acceptors (Lipinski definition) is 5. The van der Waals surface area contributed by atoms with Crippen LogP contribution in [-0.2, 0) is 27.1 Å². The molecule has 19 heavy (non-hydrogen) atoms. The third kappa shape index (κ3) is 2.44. The van der Waals surface area contributed by atoms with E-state index in [0.717, 1.165) is 5.56 Å². The summed E-state index contributed by atoms with van der Waals surface area (Å²) in [7, 11) is 1.49. The lowest BCUT2D eigenvalue weighted by Crippen LogP contribution is -2.14. The average molecular weight is 259 g/mol. The molecule has 0 bridgehead atoms. The van der Waals surface area contributed by atoms with Gasteiger partial charge in [0.15, 0.2) is 5.69 Å². The van der Waals surface area contributed by atoms with E-state index < -0.39 is 5.97 Å². The van der Waals surface area contributed by atoms with Gasteiger partial charge in [0.05, 0.1) is 0 Å². The molecule has 0 amide bonds. The number of pyridine rings is 1. The molecule has 5 nitrogen and oxygen atoms in total. The van der Waals surface area contributed by atoms with Crippen molar-refractivity contribution < 1.29 is 19.2 Å². The molecular weight excluding hydrogens is 246 g/mol. The summed E-state index contributed by atoms with van der Waals surface area (Å²) in [6.45, 7) is 0.444. The van der Waals surface area contributed by atoms with Crippen molar-refractivity contribution in [2.75, 3.05) is 7.11 Å². The van der Waals surface area contributed by atoms with Crippen LogP contribution in [0.5, 0.6) is 5.75 Å². The molecule has 2 aromatic rings. The molecule has 1 aromatic carbocycles. The zero-order chi connectivity index (χ0) is 13.1. The zero-order valence-corrected chi connectivity index (χ0v) is 10.4. The zero-order valence-electron chi connectivity index (χ0n) is 10.4. The summed E-state index contributed by atoms with van der Waals surface area (Å²) in [5.74, 6) is -0.640. The van der Waals surface area contributed by atoms with E-state index in [4.69, 9.17) is 19.2 Å². The van der Waals surface area contributed by atoms with Crippen molar-refractivity contribution in [3.63, 3.8) is 0 Å². The van der Waals surface area contributed by atoms with Gasteiger partial charge in [0.1, 0.15) is 12.4 Å². The molecule has 5 heteroatoms. The van der Waals surface area contributed by atoms with Crippen molar-refractivity contribution in [1.82, 2.24) is 4.98 Å². The maximum absolute atomic E-state index is 5.75. The van der Waals surface area contributed by atoms with Crippen LogP contribution in [0.15, 0.2) is 48.7 Å².